The Hall–Kier alpha value is -0.313. The lowest BCUT2D eigenvalue weighted by Crippen LogP contribution is -2.40. The molecule has 0 aromatic carbocycles. The predicted octanol–water partition coefficient (Wildman–Crippen LogP) is 3.06. The summed E-state index contributed by atoms with van der Waals surface area (Å²) in [5.74, 6) is -0.0165. The van der Waals surface area contributed by atoms with Gasteiger partial charge < -0.3 is 4.74 Å². The van der Waals surface area contributed by atoms with Gasteiger partial charge in [0.25, 0.3) is 0 Å². The third-order valence-corrected chi connectivity index (χ3v) is 9.88. The first kappa shape index (κ1) is 12.7. The van der Waals surface area contributed by atoms with E-state index in [0.717, 1.165) is 0 Å². The summed E-state index contributed by atoms with van der Waals surface area (Å²) in [6.45, 7) is 8.66. The van der Waals surface area contributed by atoms with E-state index in [2.05, 4.69) is 20.8 Å². The summed E-state index contributed by atoms with van der Waals surface area (Å²) in [7, 11) is 0.106. The van der Waals surface area contributed by atoms with Crippen molar-refractivity contribution in [2.75, 3.05) is 7.11 Å². The van der Waals surface area contributed by atoms with E-state index in [-0.39, 0.29) is 11.5 Å². The quantitative estimate of drug-likeness (QED) is 0.506. The summed E-state index contributed by atoms with van der Waals surface area (Å²) in [5.41, 5.74) is 0.150. The molecule has 0 saturated heterocycles. The van der Waals surface area contributed by atoms with Crippen LogP contribution in [0.5, 0.6) is 0 Å². The molecule has 2 nitrogen and oxygen atoms in total. The molecule has 0 amide bonds. The molecule has 13 heavy (non-hydrogen) atoms. The van der Waals surface area contributed by atoms with Crippen LogP contribution in [-0.2, 0) is 9.53 Å². The molecule has 1 atom stereocenters. The molecular formula is C10H22O2Si. The average molecular weight is 202 g/mol. The van der Waals surface area contributed by atoms with Crippen LogP contribution in [0.3, 0.4) is 0 Å². The predicted molar refractivity (Wildman–Crippen MR) is 58.6 cm³/mol. The molecule has 0 aromatic heterocycles. The largest absolute Gasteiger partial charge is 0.469 e. The van der Waals surface area contributed by atoms with Crippen molar-refractivity contribution in [3.8, 4) is 0 Å². The molecule has 0 spiro atoms. The molecular weight excluding hydrogens is 180 g/mol. The van der Waals surface area contributed by atoms with Gasteiger partial charge in [0, 0.05) is 5.54 Å². The molecule has 78 valence electrons. The second kappa shape index (κ2) is 5.42. The maximum atomic E-state index is 11.4. The van der Waals surface area contributed by atoms with Crippen LogP contribution in [0.15, 0.2) is 0 Å². The third kappa shape index (κ3) is 2.56. The first-order valence-electron chi connectivity index (χ1n) is 5.15. The molecule has 0 radical (unpaired) electrons. The molecule has 0 heterocycles. The van der Waals surface area contributed by atoms with Crippen LogP contribution in [0.1, 0.15) is 27.7 Å². The van der Waals surface area contributed by atoms with Crippen LogP contribution in [0.4, 0.5) is 0 Å². The topological polar surface area (TPSA) is 26.3 Å². The molecule has 0 aromatic rings. The normalized spacial score (nSPS) is 13.9. The summed E-state index contributed by atoms with van der Waals surface area (Å²) in [6, 6.07) is 3.53. The number of hydrogen-bond donors (Lipinski definition) is 0. The van der Waals surface area contributed by atoms with E-state index in [9.17, 15) is 4.79 Å². The smallest absolute Gasteiger partial charge is 0.305 e. The van der Waals surface area contributed by atoms with Crippen molar-refractivity contribution in [2.45, 2.75) is 51.4 Å². The van der Waals surface area contributed by atoms with Gasteiger partial charge in [-0.1, -0.05) is 45.8 Å². The van der Waals surface area contributed by atoms with Gasteiger partial charge in [0.15, 0.2) is 0 Å². The summed E-state index contributed by atoms with van der Waals surface area (Å²) in [6.07, 6.45) is 0. The van der Waals surface area contributed by atoms with Crippen LogP contribution in [0.25, 0.3) is 0 Å². The van der Waals surface area contributed by atoms with Crippen molar-refractivity contribution < 1.29 is 9.53 Å². The van der Waals surface area contributed by atoms with Crippen LogP contribution >= 0.6 is 0 Å². The highest BCUT2D eigenvalue weighted by Crippen LogP contribution is 2.33. The van der Waals surface area contributed by atoms with Crippen LogP contribution in [0, 0.1) is 0 Å². The average Bonchev–Trinajstić information content (AvgIpc) is 2.20. The molecule has 0 fully saturated rings. The van der Waals surface area contributed by atoms with Crippen molar-refractivity contribution in [1.82, 2.24) is 0 Å². The Bertz CT molecular complexity index is 156. The highest BCUT2D eigenvalue weighted by atomic mass is 28.3. The molecule has 0 saturated carbocycles. The Labute approximate surface area is 82.7 Å². The van der Waals surface area contributed by atoms with Crippen molar-refractivity contribution in [3.05, 3.63) is 0 Å². The Balaban J connectivity index is 4.62. The van der Waals surface area contributed by atoms with Crippen molar-refractivity contribution in [1.29, 1.82) is 0 Å². The lowest BCUT2D eigenvalue weighted by Gasteiger charge is -2.32. The van der Waals surface area contributed by atoms with E-state index in [1.54, 1.807) is 0 Å². The third-order valence-electron chi connectivity index (χ3n) is 3.59. The second-order valence-electron chi connectivity index (χ2n) is 3.67. The molecule has 1 unspecified atom stereocenters. The minimum absolute atomic E-state index is 0.0165. The SMILES string of the molecule is CC[Si](CC)(CC)C(C)C(=O)OC. The van der Waals surface area contributed by atoms with E-state index < -0.39 is 8.07 Å². The zero-order valence-electron chi connectivity index (χ0n) is 9.52. The lowest BCUT2D eigenvalue weighted by molar-refractivity contribution is -0.140. The Kier molecular flexibility index (Phi) is 5.29. The Morgan fingerprint density at radius 1 is 1.23 bits per heavy atom. The van der Waals surface area contributed by atoms with Gasteiger partial charge in [-0.05, 0) is 0 Å². The Morgan fingerprint density at radius 3 is 1.85 bits per heavy atom. The fraction of sp³-hybridized carbons (Fsp3) is 0.900. The van der Waals surface area contributed by atoms with Crippen LogP contribution in [-0.4, -0.2) is 21.2 Å². The first-order valence-corrected chi connectivity index (χ1v) is 7.85. The molecule has 3 heteroatoms. The number of carbonyl (C=O) groups is 1. The van der Waals surface area contributed by atoms with Gasteiger partial charge in [-0.3, -0.25) is 4.79 Å². The van der Waals surface area contributed by atoms with Gasteiger partial charge in [0.1, 0.15) is 0 Å². The minimum atomic E-state index is -1.38. The molecule has 0 bridgehead atoms. The zero-order chi connectivity index (χ0) is 10.5. The standard InChI is InChI=1S/C10H22O2Si/c1-6-13(7-2,8-3)9(4)10(11)12-5/h9H,6-8H2,1-5H3. The zero-order valence-corrected chi connectivity index (χ0v) is 10.5. The second-order valence-corrected chi connectivity index (χ2v) is 9.38. The fourth-order valence-electron chi connectivity index (χ4n) is 2.10. The van der Waals surface area contributed by atoms with Crippen molar-refractivity contribution in [3.63, 3.8) is 0 Å². The number of hydrogen-bond acceptors (Lipinski definition) is 2. The molecule has 0 N–H and O–H groups in total. The summed E-state index contributed by atoms with van der Waals surface area (Å²) in [4.78, 5) is 11.4. The van der Waals surface area contributed by atoms with Gasteiger partial charge >= 0.3 is 5.97 Å². The summed E-state index contributed by atoms with van der Waals surface area (Å²) < 4.78 is 4.82. The van der Waals surface area contributed by atoms with Gasteiger partial charge in [0.05, 0.1) is 15.2 Å². The highest BCUT2D eigenvalue weighted by molar-refractivity contribution is 6.83. The molecule has 0 rings (SSSR count). The number of esters is 1. The van der Waals surface area contributed by atoms with Gasteiger partial charge in [-0.2, -0.15) is 0 Å². The highest BCUT2D eigenvalue weighted by Gasteiger charge is 2.38. The maximum Gasteiger partial charge on any atom is 0.305 e. The van der Waals surface area contributed by atoms with Gasteiger partial charge in [-0.25, -0.2) is 0 Å². The first-order chi connectivity index (χ1) is 6.07. The number of methoxy groups -OCH3 is 1. The minimum Gasteiger partial charge on any atom is -0.469 e. The van der Waals surface area contributed by atoms with E-state index in [4.69, 9.17) is 4.74 Å². The van der Waals surface area contributed by atoms with Gasteiger partial charge in [0.2, 0.25) is 0 Å². The van der Waals surface area contributed by atoms with E-state index in [1.165, 1.54) is 25.2 Å². The number of ether oxygens (including phenoxy) is 1. The van der Waals surface area contributed by atoms with E-state index in [1.807, 2.05) is 6.92 Å². The van der Waals surface area contributed by atoms with Gasteiger partial charge in [-0.15, -0.1) is 0 Å². The van der Waals surface area contributed by atoms with E-state index in [0.29, 0.717) is 0 Å². The molecule has 0 aliphatic rings. The van der Waals surface area contributed by atoms with Crippen molar-refractivity contribution in [2.24, 2.45) is 0 Å². The maximum absolute atomic E-state index is 11.4. The summed E-state index contributed by atoms with van der Waals surface area (Å²) >= 11 is 0. The summed E-state index contributed by atoms with van der Waals surface area (Å²) in [5, 5.41) is 0. The molecule has 0 aliphatic carbocycles. The lowest BCUT2D eigenvalue weighted by atomic mass is 10.5. The van der Waals surface area contributed by atoms with E-state index >= 15 is 0 Å². The number of rotatable bonds is 5. The Morgan fingerprint density at radius 2 is 1.62 bits per heavy atom. The monoisotopic (exact) mass is 202 g/mol. The number of carbonyl (C=O) groups excluding carboxylic acids is 1. The fourth-order valence-corrected chi connectivity index (χ4v) is 6.05. The van der Waals surface area contributed by atoms with Crippen LogP contribution < -0.4 is 0 Å². The van der Waals surface area contributed by atoms with Crippen molar-refractivity contribution >= 4 is 14.0 Å². The van der Waals surface area contributed by atoms with Crippen LogP contribution in [0.2, 0.25) is 23.7 Å². The molecule has 0 aliphatic heterocycles.